The first kappa shape index (κ1) is 32.2. The molecule has 0 amide bonds. The van der Waals surface area contributed by atoms with E-state index in [-0.39, 0.29) is 32.5 Å². The monoisotopic (exact) mass is 642 g/mol. The van der Waals surface area contributed by atoms with Crippen LogP contribution < -0.4 is 0 Å². The molecule has 0 aromatic heterocycles. The fourth-order valence-electron chi connectivity index (χ4n) is 9.30. The van der Waals surface area contributed by atoms with E-state index in [1.54, 1.807) is 5.56 Å². The summed E-state index contributed by atoms with van der Waals surface area (Å²) >= 11 is 3.77. The largest absolute Gasteiger partial charge is 0.393 e. The highest BCUT2D eigenvalue weighted by molar-refractivity contribution is 9.10. The predicted octanol–water partition coefficient (Wildman–Crippen LogP) is 10.7. The first-order valence-corrected chi connectivity index (χ1v) is 16.4. The summed E-state index contributed by atoms with van der Waals surface area (Å²) in [5.41, 5.74) is 9.30. The van der Waals surface area contributed by atoms with E-state index >= 15 is 0 Å². The SMILES string of the molecule is C.C.Cc1ccc2c(Br)cc3c(c2c1)CC[C@]1(C)C[C@H](O)C[C@@H]31.Cc1ccc2ccc3c(c2c1)CC[C@]1(C)C[C@H](O)C[C@@H]31. The highest BCUT2D eigenvalue weighted by Gasteiger charge is 2.48. The van der Waals surface area contributed by atoms with Gasteiger partial charge in [-0.05, 0) is 138 Å². The maximum atomic E-state index is 10.2. The Kier molecular flexibility index (Phi) is 8.70. The van der Waals surface area contributed by atoms with Crippen molar-refractivity contribution in [2.45, 2.75) is 118 Å². The molecule has 2 nitrogen and oxygen atoms in total. The Morgan fingerprint density at radius 1 is 0.651 bits per heavy atom. The smallest absolute Gasteiger partial charge is 0.0551 e. The van der Waals surface area contributed by atoms with E-state index in [0.717, 1.165) is 38.5 Å². The molecular weight excluding hydrogens is 592 g/mol. The number of rotatable bonds is 0. The van der Waals surface area contributed by atoms with Crippen LogP contribution in [0.3, 0.4) is 0 Å². The van der Waals surface area contributed by atoms with Crippen molar-refractivity contribution in [2.24, 2.45) is 10.8 Å². The van der Waals surface area contributed by atoms with Crippen LogP contribution in [0.4, 0.5) is 0 Å². The number of fused-ring (bicyclic) bond motifs is 10. The van der Waals surface area contributed by atoms with Crippen LogP contribution in [-0.2, 0) is 12.8 Å². The Hall–Kier alpha value is -2.20. The number of benzene rings is 4. The molecule has 0 bridgehead atoms. The molecule has 4 aliphatic carbocycles. The molecule has 2 saturated carbocycles. The molecule has 0 aliphatic heterocycles. The number of aliphatic hydroxyl groups excluding tert-OH is 2. The molecule has 0 saturated heterocycles. The van der Waals surface area contributed by atoms with Gasteiger partial charge in [-0.25, -0.2) is 0 Å². The second kappa shape index (κ2) is 11.6. The van der Waals surface area contributed by atoms with Gasteiger partial charge >= 0.3 is 0 Å². The van der Waals surface area contributed by atoms with Crippen LogP contribution >= 0.6 is 15.9 Å². The van der Waals surface area contributed by atoms with Gasteiger partial charge in [0.1, 0.15) is 0 Å². The van der Waals surface area contributed by atoms with E-state index in [9.17, 15) is 10.2 Å². The zero-order chi connectivity index (χ0) is 28.7. The highest BCUT2D eigenvalue weighted by atomic mass is 79.9. The summed E-state index contributed by atoms with van der Waals surface area (Å²) in [5.74, 6) is 1.06. The van der Waals surface area contributed by atoms with Gasteiger partial charge in [-0.15, -0.1) is 0 Å². The number of hydrogen-bond acceptors (Lipinski definition) is 2. The molecule has 4 aromatic carbocycles. The molecule has 2 fully saturated rings. The van der Waals surface area contributed by atoms with Crippen LogP contribution in [-0.4, -0.2) is 22.4 Å². The Morgan fingerprint density at radius 3 is 1.79 bits per heavy atom. The van der Waals surface area contributed by atoms with Gasteiger partial charge in [-0.2, -0.15) is 0 Å². The third-order valence-electron chi connectivity index (χ3n) is 11.5. The summed E-state index contributed by atoms with van der Waals surface area (Å²) in [4.78, 5) is 0. The van der Waals surface area contributed by atoms with Gasteiger partial charge in [0.15, 0.2) is 0 Å². The van der Waals surface area contributed by atoms with Crippen LogP contribution in [0, 0.1) is 24.7 Å². The van der Waals surface area contributed by atoms with Gasteiger partial charge in [0.05, 0.1) is 12.2 Å². The molecule has 2 N–H and O–H groups in total. The minimum absolute atomic E-state index is 0. The second-order valence-electron chi connectivity index (χ2n) is 14.4. The van der Waals surface area contributed by atoms with Gasteiger partial charge in [0.2, 0.25) is 0 Å². The van der Waals surface area contributed by atoms with Crippen molar-refractivity contribution < 1.29 is 10.2 Å². The van der Waals surface area contributed by atoms with Gasteiger partial charge in [0.25, 0.3) is 0 Å². The summed E-state index contributed by atoms with van der Waals surface area (Å²) < 4.78 is 1.20. The van der Waals surface area contributed by atoms with Crippen molar-refractivity contribution in [3.63, 3.8) is 0 Å². The Bertz CT molecular complexity index is 1670. The standard InChI is InChI=1S/C19H21BrO.C19H22O.2CH4/c1-11-3-4-14-15(7-11)13-5-6-19(2)10-12(21)8-17(19)16(13)9-18(14)20;1-12-3-4-13-5-6-16-15(17(13)9-12)7-8-19(2)11-14(20)10-18(16)19;;/h3-4,7,9,12,17,21H,5-6,8,10H2,1-2H3;3-6,9,14,18,20H,7-8,10-11H2,1-2H3;2*1H4/t12-,17+,19-;14-,18+,19-;;/m11../s1. The first-order chi connectivity index (χ1) is 19.5. The van der Waals surface area contributed by atoms with E-state index in [4.69, 9.17) is 0 Å². The minimum atomic E-state index is -0.127. The quantitative estimate of drug-likeness (QED) is 0.200. The number of hydrogen-bond donors (Lipinski definition) is 2. The van der Waals surface area contributed by atoms with E-state index in [0.29, 0.717) is 17.3 Å². The van der Waals surface area contributed by atoms with Gasteiger partial charge in [-0.3, -0.25) is 0 Å². The van der Waals surface area contributed by atoms with Crippen LogP contribution in [0.2, 0.25) is 0 Å². The van der Waals surface area contributed by atoms with Crippen LogP contribution in [0.15, 0.2) is 59.1 Å². The molecule has 0 radical (unpaired) electrons. The summed E-state index contributed by atoms with van der Waals surface area (Å²) in [6.45, 7) is 9.08. The van der Waals surface area contributed by atoms with E-state index in [1.165, 1.54) is 66.7 Å². The van der Waals surface area contributed by atoms with E-state index in [2.05, 4.69) is 98.2 Å². The molecule has 8 rings (SSSR count). The maximum absolute atomic E-state index is 10.2. The van der Waals surface area contributed by atoms with Gasteiger partial charge in [-0.1, -0.05) is 104 Å². The summed E-state index contributed by atoms with van der Waals surface area (Å²) in [5, 5.41) is 25.8. The van der Waals surface area contributed by atoms with Gasteiger partial charge in [0, 0.05) is 4.47 Å². The van der Waals surface area contributed by atoms with Crippen molar-refractivity contribution in [1.29, 1.82) is 0 Å². The van der Waals surface area contributed by atoms with Crippen molar-refractivity contribution in [3.05, 3.63) is 92.5 Å². The van der Waals surface area contributed by atoms with Crippen molar-refractivity contribution in [3.8, 4) is 0 Å². The molecule has 0 heterocycles. The topological polar surface area (TPSA) is 40.5 Å². The summed E-state index contributed by atoms with van der Waals surface area (Å²) in [6, 6.07) is 20.4. The lowest BCUT2D eigenvalue weighted by atomic mass is 9.66. The lowest BCUT2D eigenvalue weighted by Gasteiger charge is -2.38. The van der Waals surface area contributed by atoms with Crippen LogP contribution in [0.1, 0.15) is 112 Å². The molecule has 43 heavy (non-hydrogen) atoms. The molecule has 4 aliphatic rings. The predicted molar refractivity (Wildman–Crippen MR) is 187 cm³/mol. The van der Waals surface area contributed by atoms with Crippen LogP contribution in [0.5, 0.6) is 0 Å². The second-order valence-corrected chi connectivity index (χ2v) is 15.3. The molecule has 3 heteroatoms. The molecule has 0 unspecified atom stereocenters. The fourth-order valence-corrected chi connectivity index (χ4v) is 9.89. The number of halogens is 1. The number of aryl methyl sites for hydroxylation is 4. The maximum Gasteiger partial charge on any atom is 0.0551 e. The first-order valence-electron chi connectivity index (χ1n) is 15.6. The zero-order valence-corrected chi connectivity index (χ0v) is 26.5. The lowest BCUT2D eigenvalue weighted by molar-refractivity contribution is 0.159. The summed E-state index contributed by atoms with van der Waals surface area (Å²) in [7, 11) is 0. The third-order valence-corrected chi connectivity index (χ3v) is 12.1. The number of aliphatic hydroxyl groups is 2. The Balaban J connectivity index is 0.000000164. The average Bonchev–Trinajstić information content (AvgIpc) is 3.42. The van der Waals surface area contributed by atoms with Crippen LogP contribution in [0.25, 0.3) is 21.5 Å². The normalized spacial score (nSPS) is 30.2. The fraction of sp³-hybridized carbons (Fsp3) is 0.500. The van der Waals surface area contributed by atoms with E-state index < -0.39 is 0 Å². The average molecular weight is 644 g/mol. The Labute approximate surface area is 268 Å². The summed E-state index contributed by atoms with van der Waals surface area (Å²) in [6.07, 6.45) is 8.29. The van der Waals surface area contributed by atoms with Gasteiger partial charge < -0.3 is 10.2 Å². The van der Waals surface area contributed by atoms with Crippen molar-refractivity contribution in [1.82, 2.24) is 0 Å². The molecule has 0 spiro atoms. The lowest BCUT2D eigenvalue weighted by Crippen LogP contribution is -2.26. The Morgan fingerprint density at radius 2 is 1.16 bits per heavy atom. The highest BCUT2D eigenvalue weighted by Crippen LogP contribution is 2.58. The minimum Gasteiger partial charge on any atom is -0.393 e. The molecule has 230 valence electrons. The molecular formula is C40H51BrO2. The zero-order valence-electron chi connectivity index (χ0n) is 24.9. The molecule has 6 atom stereocenters. The van der Waals surface area contributed by atoms with Crippen molar-refractivity contribution in [2.75, 3.05) is 0 Å². The van der Waals surface area contributed by atoms with Crippen molar-refractivity contribution >= 4 is 37.5 Å². The molecule has 4 aromatic rings. The van der Waals surface area contributed by atoms with E-state index in [1.807, 2.05) is 0 Å². The third kappa shape index (κ3) is 5.38.